The van der Waals surface area contributed by atoms with Gasteiger partial charge in [-0.2, -0.15) is 0 Å². The Bertz CT molecular complexity index is 1700. The number of rotatable bonds is 5. The van der Waals surface area contributed by atoms with Crippen molar-refractivity contribution in [2.45, 2.75) is 78.6 Å². The van der Waals surface area contributed by atoms with E-state index < -0.39 is 0 Å². The summed E-state index contributed by atoms with van der Waals surface area (Å²) in [5, 5.41) is 0. The van der Waals surface area contributed by atoms with Crippen LogP contribution in [0.15, 0.2) is 79.0 Å². The smallest absolute Gasteiger partial charge is 0.219 e. The molecule has 7 rings (SSSR count). The van der Waals surface area contributed by atoms with Gasteiger partial charge in [-0.25, -0.2) is 4.98 Å². The van der Waals surface area contributed by atoms with Gasteiger partial charge < -0.3 is 14.0 Å². The van der Waals surface area contributed by atoms with E-state index in [0.29, 0.717) is 11.6 Å². The van der Waals surface area contributed by atoms with Crippen LogP contribution in [0.2, 0.25) is 0 Å². The first-order chi connectivity index (χ1) is 20.0. The van der Waals surface area contributed by atoms with Gasteiger partial charge in [-0.3, -0.25) is 4.48 Å². The number of aromatic nitrogens is 1. The zero-order valence-corrected chi connectivity index (χ0v) is 27.4. The average molecular weight is 577 g/mol. The third-order valence-electron chi connectivity index (χ3n) is 8.87. The van der Waals surface area contributed by atoms with Gasteiger partial charge in [0.1, 0.15) is 22.9 Å². The standard InChI is InChI=1S/C38H46N3O2/c1-36(2,3)26-14-15-33-34(20-26)41(24-40(33,10)25-41)29-18-28(38(7,8)9)19-32(22-29)42-30-12-11-13-31(23-30)43-35-21-27(16-17-39-35)37(4,5)6/h11-24H,25H2,1-10H3/q+1/t40-,41+/m0/s1. The second-order valence-electron chi connectivity index (χ2n) is 15.6. The van der Waals surface area contributed by atoms with E-state index in [1.54, 1.807) is 6.20 Å². The first-order valence-electron chi connectivity index (χ1n) is 15.3. The van der Waals surface area contributed by atoms with Crippen LogP contribution in [0, 0.1) is 6.67 Å². The molecule has 224 valence electrons. The molecule has 0 unspecified atom stereocenters. The maximum absolute atomic E-state index is 6.59. The summed E-state index contributed by atoms with van der Waals surface area (Å²) in [4.78, 5) is 4.44. The van der Waals surface area contributed by atoms with E-state index in [0.717, 1.165) is 27.1 Å². The van der Waals surface area contributed by atoms with Crippen molar-refractivity contribution >= 4 is 17.1 Å². The zero-order chi connectivity index (χ0) is 31.0. The minimum atomic E-state index is -0.0417. The topological polar surface area (TPSA) is 31.4 Å². The highest BCUT2D eigenvalue weighted by molar-refractivity contribution is 5.85. The highest BCUT2D eigenvalue weighted by Gasteiger charge is 2.59. The molecule has 0 radical (unpaired) electrons. The molecule has 0 aliphatic carbocycles. The van der Waals surface area contributed by atoms with E-state index in [4.69, 9.17) is 9.47 Å². The normalized spacial score (nSPS) is 21.3. The predicted octanol–water partition coefficient (Wildman–Crippen LogP) is 10.2. The van der Waals surface area contributed by atoms with Gasteiger partial charge in [0.2, 0.25) is 5.88 Å². The molecule has 0 saturated carbocycles. The van der Waals surface area contributed by atoms with Crippen LogP contribution in [0.25, 0.3) is 0 Å². The lowest BCUT2D eigenvalue weighted by Gasteiger charge is -2.55. The molecular weight excluding hydrogens is 530 g/mol. The quantitative estimate of drug-likeness (QED) is 0.175. The van der Waals surface area contributed by atoms with Crippen LogP contribution in [0.3, 0.4) is 0 Å². The maximum Gasteiger partial charge on any atom is 0.219 e. The van der Waals surface area contributed by atoms with Crippen molar-refractivity contribution in [1.82, 2.24) is 14.0 Å². The third kappa shape index (κ3) is 5.34. The Balaban J connectivity index is 1.35. The van der Waals surface area contributed by atoms with Crippen LogP contribution in [0.1, 0.15) is 79.0 Å². The Labute approximate surface area is 257 Å². The Morgan fingerprint density at radius 3 is 1.91 bits per heavy atom. The van der Waals surface area contributed by atoms with Gasteiger partial charge in [0.25, 0.3) is 0 Å². The van der Waals surface area contributed by atoms with Crippen molar-refractivity contribution in [3.8, 4) is 23.1 Å². The van der Waals surface area contributed by atoms with Crippen molar-refractivity contribution in [3.63, 3.8) is 0 Å². The van der Waals surface area contributed by atoms with Crippen molar-refractivity contribution in [3.05, 3.63) is 102 Å². The molecule has 5 nitrogen and oxygen atoms in total. The van der Waals surface area contributed by atoms with Gasteiger partial charge in [-0.05, 0) is 57.2 Å². The molecule has 0 amide bonds. The number of quaternary nitrogens is 2. The lowest BCUT2D eigenvalue weighted by molar-refractivity contribution is 0.157. The monoisotopic (exact) mass is 576 g/mol. The second-order valence-corrected chi connectivity index (χ2v) is 15.6. The zero-order valence-electron chi connectivity index (χ0n) is 27.4. The molecule has 0 spiro atoms. The summed E-state index contributed by atoms with van der Waals surface area (Å²) in [5.74, 6) is 2.83. The molecular formula is C38H46N3O2+. The van der Waals surface area contributed by atoms with E-state index in [1.807, 2.05) is 36.4 Å². The molecule has 1 saturated heterocycles. The predicted molar refractivity (Wildman–Crippen MR) is 178 cm³/mol. The van der Waals surface area contributed by atoms with E-state index in [9.17, 15) is 0 Å². The fourth-order valence-corrected chi connectivity index (χ4v) is 6.28. The molecule has 2 atom stereocenters. The lowest BCUT2D eigenvalue weighted by atomic mass is 9.86. The molecule has 3 aliphatic heterocycles. The first-order valence-corrected chi connectivity index (χ1v) is 15.3. The van der Waals surface area contributed by atoms with E-state index in [2.05, 4.69) is 117 Å². The minimum absolute atomic E-state index is 0.0160. The summed E-state index contributed by atoms with van der Waals surface area (Å²) < 4.78 is 14.4. The van der Waals surface area contributed by atoms with Crippen LogP contribution in [0.5, 0.6) is 23.1 Å². The second kappa shape index (κ2) is 9.67. The summed E-state index contributed by atoms with van der Waals surface area (Å²) in [5.41, 5.74) is 7.83. The number of ether oxygens (including phenoxy) is 2. The van der Waals surface area contributed by atoms with E-state index in [-0.39, 0.29) is 16.2 Å². The van der Waals surface area contributed by atoms with Crippen LogP contribution in [-0.4, -0.2) is 18.7 Å². The fourth-order valence-electron chi connectivity index (χ4n) is 6.28. The summed E-state index contributed by atoms with van der Waals surface area (Å²) >= 11 is 0. The number of pyridine rings is 1. The number of nitrogens with zero attached hydrogens (tertiary/aromatic N) is 3. The average Bonchev–Trinajstić information content (AvgIpc) is 3.30. The number of benzene rings is 3. The van der Waals surface area contributed by atoms with Gasteiger partial charge in [-0.1, -0.05) is 74.4 Å². The Morgan fingerprint density at radius 2 is 1.26 bits per heavy atom. The van der Waals surface area contributed by atoms with Crippen molar-refractivity contribution in [1.29, 1.82) is 0 Å². The molecule has 1 fully saturated rings. The Kier molecular flexibility index (Phi) is 6.61. The van der Waals surface area contributed by atoms with Crippen LogP contribution in [-0.2, 0) is 16.2 Å². The van der Waals surface area contributed by atoms with Crippen molar-refractivity contribution in [2.24, 2.45) is 0 Å². The van der Waals surface area contributed by atoms with Gasteiger partial charge in [-0.15, -0.1) is 0 Å². The van der Waals surface area contributed by atoms with Gasteiger partial charge in [0.15, 0.2) is 18.0 Å². The molecule has 4 aromatic rings. The Morgan fingerprint density at radius 1 is 0.628 bits per heavy atom. The van der Waals surface area contributed by atoms with Crippen molar-refractivity contribution < 1.29 is 9.47 Å². The fraction of sp³-hybridized carbons (Fsp3) is 0.368. The SMILES string of the molecule is CC(C)(C)c1cc(Oc2cccc(Oc3cc(C(C)(C)C)ccn3)c2)cc([N@@+]23[CH-][N@@+](C)(C2)c2ccc(C(C)(C)C)cc23)c1. The maximum atomic E-state index is 6.59. The molecule has 43 heavy (non-hydrogen) atoms. The van der Waals surface area contributed by atoms with Crippen LogP contribution < -0.4 is 18.4 Å². The Hall–Kier alpha value is -3.67. The highest BCUT2D eigenvalue weighted by Crippen LogP contribution is 2.61. The number of hydrogen-bond acceptors (Lipinski definition) is 3. The first kappa shape index (κ1) is 29.4. The highest BCUT2D eigenvalue weighted by atomic mass is 16.5. The summed E-state index contributed by atoms with van der Waals surface area (Å²) in [6.07, 6.45) is 1.81. The summed E-state index contributed by atoms with van der Waals surface area (Å²) in [6.45, 7) is 23.6. The molecule has 5 heteroatoms. The lowest BCUT2D eigenvalue weighted by Crippen LogP contribution is -2.68. The van der Waals surface area contributed by atoms with Gasteiger partial charge in [0.05, 0.1) is 13.7 Å². The molecule has 3 aliphatic rings. The summed E-state index contributed by atoms with van der Waals surface area (Å²) in [6, 6.07) is 25.7. The largest absolute Gasteiger partial charge is 0.457 e. The third-order valence-corrected chi connectivity index (χ3v) is 8.87. The number of hydrogen-bond donors (Lipinski definition) is 0. The van der Waals surface area contributed by atoms with Crippen LogP contribution in [0.4, 0.5) is 17.1 Å². The summed E-state index contributed by atoms with van der Waals surface area (Å²) in [7, 11) is 2.31. The minimum Gasteiger partial charge on any atom is -0.457 e. The van der Waals surface area contributed by atoms with E-state index >= 15 is 0 Å². The molecule has 2 bridgehead atoms. The molecule has 3 aromatic carbocycles. The van der Waals surface area contributed by atoms with Crippen molar-refractivity contribution in [2.75, 3.05) is 13.7 Å². The van der Waals surface area contributed by atoms with Crippen LogP contribution >= 0.6 is 0 Å². The molecule has 0 N–H and O–H groups in total. The van der Waals surface area contributed by atoms with Gasteiger partial charge in [0, 0.05) is 42.6 Å². The molecule has 4 heterocycles. The van der Waals surface area contributed by atoms with E-state index in [1.165, 1.54) is 33.8 Å². The molecule has 1 aromatic heterocycles. The van der Waals surface area contributed by atoms with Gasteiger partial charge >= 0.3 is 0 Å².